The van der Waals surface area contributed by atoms with E-state index >= 15 is 0 Å². The van der Waals surface area contributed by atoms with E-state index in [2.05, 4.69) is 4.37 Å². The molecule has 0 amide bonds. The van der Waals surface area contributed by atoms with Gasteiger partial charge in [0.05, 0.1) is 29.1 Å². The van der Waals surface area contributed by atoms with Gasteiger partial charge in [-0.3, -0.25) is 4.79 Å². The van der Waals surface area contributed by atoms with E-state index in [0.29, 0.717) is 11.5 Å². The van der Waals surface area contributed by atoms with Crippen molar-refractivity contribution in [3.05, 3.63) is 39.4 Å². The molecule has 1 heterocycles. The van der Waals surface area contributed by atoms with Gasteiger partial charge in [0, 0.05) is 10.4 Å². The molecule has 0 radical (unpaired) electrons. The number of carbonyl (C=O) groups excluding carboxylic acids is 1. The highest BCUT2D eigenvalue weighted by Gasteiger charge is 2.32. The first-order chi connectivity index (χ1) is 11.9. The van der Waals surface area contributed by atoms with Gasteiger partial charge in [-0.1, -0.05) is 18.5 Å². The van der Waals surface area contributed by atoms with Crippen molar-refractivity contribution < 1.29 is 17.9 Å². The fourth-order valence-electron chi connectivity index (χ4n) is 2.60. The predicted molar refractivity (Wildman–Crippen MR) is 97.9 cm³/mol. The first-order valence-corrected chi connectivity index (χ1v) is 10.9. The molecule has 2 aromatic rings. The third-order valence-corrected chi connectivity index (χ3v) is 7.19. The largest absolute Gasteiger partial charge is 0.491 e. The highest BCUT2D eigenvalue weighted by atomic mass is 35.5. The Kier molecular flexibility index (Phi) is 5.18. The van der Waals surface area contributed by atoms with Gasteiger partial charge in [0.2, 0.25) is 0 Å². The number of carbonyl (C=O) groups is 1. The first-order valence-electron chi connectivity index (χ1n) is 8.08. The number of nitrogens with zero attached hydrogens (tertiary/aromatic N) is 1. The highest BCUT2D eigenvalue weighted by Crippen LogP contribution is 2.45. The molecule has 25 heavy (non-hydrogen) atoms. The van der Waals surface area contributed by atoms with Crippen molar-refractivity contribution in [2.75, 3.05) is 12.4 Å². The Labute approximate surface area is 156 Å². The minimum atomic E-state index is -3.51. The first kappa shape index (κ1) is 18.4. The zero-order valence-corrected chi connectivity index (χ0v) is 16.3. The second-order valence-electron chi connectivity index (χ2n) is 5.80. The summed E-state index contributed by atoms with van der Waals surface area (Å²) < 4.78 is 34.2. The van der Waals surface area contributed by atoms with E-state index in [0.717, 1.165) is 17.7 Å². The van der Waals surface area contributed by atoms with Crippen LogP contribution >= 0.6 is 23.1 Å². The van der Waals surface area contributed by atoms with Crippen molar-refractivity contribution in [2.45, 2.75) is 37.5 Å². The van der Waals surface area contributed by atoms with Crippen LogP contribution in [0.1, 0.15) is 53.4 Å². The van der Waals surface area contributed by atoms with Gasteiger partial charge in [0.1, 0.15) is 4.90 Å². The monoisotopic (exact) mass is 399 g/mol. The van der Waals surface area contributed by atoms with Crippen molar-refractivity contribution in [3.63, 3.8) is 0 Å². The molecule has 8 heteroatoms. The lowest BCUT2D eigenvalue weighted by molar-refractivity contribution is 0.103. The average molecular weight is 400 g/mol. The maximum absolute atomic E-state index is 12.9. The summed E-state index contributed by atoms with van der Waals surface area (Å²) in [5.41, 5.74) is 0.783. The summed E-state index contributed by atoms with van der Waals surface area (Å²) >= 11 is 7.72. The molecule has 0 atom stereocenters. The maximum Gasteiger partial charge on any atom is 0.197 e. The van der Waals surface area contributed by atoms with Gasteiger partial charge in [-0.25, -0.2) is 12.8 Å². The number of hydrogen-bond donors (Lipinski definition) is 0. The van der Waals surface area contributed by atoms with E-state index in [1.807, 2.05) is 0 Å². The Morgan fingerprint density at radius 3 is 2.64 bits per heavy atom. The van der Waals surface area contributed by atoms with Crippen LogP contribution in [0.3, 0.4) is 0 Å². The molecule has 1 saturated carbocycles. The number of halogens is 1. The van der Waals surface area contributed by atoms with Crippen molar-refractivity contribution in [2.24, 2.45) is 0 Å². The second-order valence-corrected chi connectivity index (χ2v) is 9.26. The Morgan fingerprint density at radius 1 is 1.32 bits per heavy atom. The number of sulfone groups is 1. The van der Waals surface area contributed by atoms with Gasteiger partial charge in [-0.15, -0.1) is 0 Å². The molecule has 0 unspecified atom stereocenters. The van der Waals surface area contributed by atoms with Crippen LogP contribution in [-0.4, -0.2) is 30.9 Å². The Balaban J connectivity index is 2.09. The third-order valence-electron chi connectivity index (χ3n) is 4.10. The molecule has 1 fully saturated rings. The van der Waals surface area contributed by atoms with Crippen molar-refractivity contribution in [3.8, 4) is 5.75 Å². The maximum atomic E-state index is 12.9. The Hall–Kier alpha value is -1.44. The van der Waals surface area contributed by atoms with E-state index < -0.39 is 9.84 Å². The number of rotatable bonds is 7. The van der Waals surface area contributed by atoms with Gasteiger partial charge in [0.25, 0.3) is 0 Å². The number of hydrogen-bond acceptors (Lipinski definition) is 6. The molecule has 134 valence electrons. The van der Waals surface area contributed by atoms with E-state index in [4.69, 9.17) is 16.3 Å². The van der Waals surface area contributed by atoms with Gasteiger partial charge < -0.3 is 4.74 Å². The summed E-state index contributed by atoms with van der Waals surface area (Å²) in [6.07, 6.45) is 3.69. The predicted octanol–water partition coefficient (Wildman–Crippen LogP) is 4.10. The Morgan fingerprint density at radius 2 is 2.04 bits per heavy atom. The lowest BCUT2D eigenvalue weighted by Gasteiger charge is -2.14. The molecule has 0 aliphatic heterocycles. The molecule has 1 aromatic heterocycles. The molecule has 1 aliphatic rings. The molecule has 3 rings (SSSR count). The second kappa shape index (κ2) is 7.05. The fraction of sp³-hybridized carbons (Fsp3) is 0.412. The van der Waals surface area contributed by atoms with Crippen LogP contribution < -0.4 is 4.74 Å². The third kappa shape index (κ3) is 3.45. The van der Waals surface area contributed by atoms with Crippen LogP contribution in [0.2, 0.25) is 5.02 Å². The number of ether oxygens (including phenoxy) is 1. The van der Waals surface area contributed by atoms with Crippen LogP contribution in [0, 0.1) is 0 Å². The fourth-order valence-corrected chi connectivity index (χ4v) is 4.89. The van der Waals surface area contributed by atoms with E-state index in [1.165, 1.54) is 23.7 Å². The normalized spacial score (nSPS) is 14.5. The van der Waals surface area contributed by atoms with E-state index in [9.17, 15) is 13.2 Å². The zero-order valence-electron chi connectivity index (χ0n) is 13.9. The standard InChI is InChI=1S/C17H18ClNO4S2/c1-3-23-16-13(25(21,22)4-2)8-7-11(14(16)18)15(20)12-9-19-24-17(12)10-5-6-10/h7-10H,3-6H2,1-2H3. The molecule has 0 N–H and O–H groups in total. The molecular weight excluding hydrogens is 382 g/mol. The summed E-state index contributed by atoms with van der Waals surface area (Å²) in [5.74, 6) is 0.128. The topological polar surface area (TPSA) is 73.3 Å². The van der Waals surface area contributed by atoms with Crippen LogP contribution in [-0.2, 0) is 9.84 Å². The van der Waals surface area contributed by atoms with Crippen molar-refractivity contribution in [1.82, 2.24) is 4.37 Å². The minimum absolute atomic E-state index is 0.0178. The Bertz CT molecular complexity index is 917. The summed E-state index contributed by atoms with van der Waals surface area (Å²) in [6.45, 7) is 3.54. The SMILES string of the molecule is CCOc1c(S(=O)(=O)CC)ccc(C(=O)c2cnsc2C2CC2)c1Cl. The average Bonchev–Trinajstić information content (AvgIpc) is 3.32. The molecule has 0 bridgehead atoms. The zero-order chi connectivity index (χ0) is 18.2. The summed E-state index contributed by atoms with van der Waals surface area (Å²) in [5, 5.41) is 0.0364. The van der Waals surface area contributed by atoms with Crippen LogP contribution in [0.15, 0.2) is 23.2 Å². The number of benzene rings is 1. The molecular formula is C17H18ClNO4S2. The van der Waals surface area contributed by atoms with Crippen molar-refractivity contribution in [1.29, 1.82) is 0 Å². The lowest BCUT2D eigenvalue weighted by Crippen LogP contribution is -2.10. The van der Waals surface area contributed by atoms with Crippen LogP contribution in [0.5, 0.6) is 5.75 Å². The quantitative estimate of drug-likeness (QED) is 0.655. The smallest absolute Gasteiger partial charge is 0.197 e. The minimum Gasteiger partial charge on any atom is -0.491 e. The highest BCUT2D eigenvalue weighted by molar-refractivity contribution is 7.91. The molecule has 5 nitrogen and oxygen atoms in total. The van der Waals surface area contributed by atoms with Crippen LogP contribution in [0.4, 0.5) is 0 Å². The molecule has 1 aromatic carbocycles. The van der Waals surface area contributed by atoms with Crippen molar-refractivity contribution >= 4 is 38.8 Å². The molecule has 1 aliphatic carbocycles. The van der Waals surface area contributed by atoms with Gasteiger partial charge in [0.15, 0.2) is 21.4 Å². The summed E-state index contributed by atoms with van der Waals surface area (Å²) in [7, 11) is -3.51. The molecule has 0 saturated heterocycles. The summed E-state index contributed by atoms with van der Waals surface area (Å²) in [4.78, 5) is 13.9. The van der Waals surface area contributed by atoms with E-state index in [-0.39, 0.29) is 39.4 Å². The number of aromatic nitrogens is 1. The van der Waals surface area contributed by atoms with Gasteiger partial charge >= 0.3 is 0 Å². The molecule has 0 spiro atoms. The van der Waals surface area contributed by atoms with Gasteiger partial charge in [-0.2, -0.15) is 0 Å². The van der Waals surface area contributed by atoms with Gasteiger partial charge in [-0.05, 0) is 49.3 Å². The number of ketones is 1. The lowest BCUT2D eigenvalue weighted by atomic mass is 10.0. The van der Waals surface area contributed by atoms with Crippen LogP contribution in [0.25, 0.3) is 0 Å². The summed E-state index contributed by atoms with van der Waals surface area (Å²) in [6, 6.07) is 2.86. The van der Waals surface area contributed by atoms with E-state index in [1.54, 1.807) is 20.0 Å².